The Bertz CT molecular complexity index is 1750. The van der Waals surface area contributed by atoms with Crippen molar-refractivity contribution < 1.29 is 14.1 Å². The molecule has 5 aromatic rings. The number of piperazine rings is 1. The molecular weight excluding hydrogens is 552 g/mol. The zero-order valence-electron chi connectivity index (χ0n) is 23.9. The first-order valence-electron chi connectivity index (χ1n) is 14.3. The van der Waals surface area contributed by atoms with Crippen molar-refractivity contribution in [1.29, 1.82) is 0 Å². The molecule has 1 saturated heterocycles. The number of thiazole rings is 1. The molecule has 42 heavy (non-hydrogen) atoms. The first kappa shape index (κ1) is 26.9. The fourth-order valence-corrected chi connectivity index (χ4v) is 6.38. The number of urea groups is 1. The van der Waals surface area contributed by atoms with E-state index in [4.69, 9.17) is 19.2 Å². The number of pyridine rings is 1. The Hall–Kier alpha value is -4.00. The molecule has 0 bridgehead atoms. The molecule has 5 heterocycles. The number of nitrogens with zero attached hydrogens (tertiary/aromatic N) is 5. The zero-order valence-corrected chi connectivity index (χ0v) is 24.8. The molecule has 11 nitrogen and oxygen atoms in total. The molecule has 0 atom stereocenters. The van der Waals surface area contributed by atoms with Gasteiger partial charge in [0.2, 0.25) is 5.88 Å². The fourth-order valence-electron chi connectivity index (χ4n) is 5.41. The van der Waals surface area contributed by atoms with Crippen LogP contribution in [0.4, 0.5) is 16.3 Å². The molecule has 12 heteroatoms. The first-order valence-corrected chi connectivity index (χ1v) is 15.1. The van der Waals surface area contributed by atoms with Gasteiger partial charge in [-0.05, 0) is 31.0 Å². The van der Waals surface area contributed by atoms with Gasteiger partial charge in [-0.1, -0.05) is 49.4 Å². The van der Waals surface area contributed by atoms with Crippen molar-refractivity contribution in [3.8, 4) is 17.1 Å². The normalized spacial score (nSPS) is 16.7. The smallest absolute Gasteiger partial charge is 0.324 e. The van der Waals surface area contributed by atoms with Gasteiger partial charge in [0.05, 0.1) is 11.2 Å². The van der Waals surface area contributed by atoms with Crippen LogP contribution in [-0.4, -0.2) is 68.8 Å². The molecular formula is C30H34N8O3S. The third-order valence-corrected chi connectivity index (χ3v) is 8.95. The van der Waals surface area contributed by atoms with Gasteiger partial charge in [-0.3, -0.25) is 14.6 Å². The third-order valence-electron chi connectivity index (χ3n) is 7.99. The van der Waals surface area contributed by atoms with E-state index in [0.717, 1.165) is 52.7 Å². The number of aromatic nitrogens is 4. The lowest BCUT2D eigenvalue weighted by atomic mass is 9.93. The molecule has 1 aliphatic carbocycles. The maximum atomic E-state index is 12.4. The number of carbonyl (C=O) groups excluding carboxylic acids is 1. The topological polar surface area (TPSA) is 122 Å². The number of amides is 2. The average molecular weight is 587 g/mol. The summed E-state index contributed by atoms with van der Waals surface area (Å²) in [5.41, 5.74) is 3.63. The van der Waals surface area contributed by atoms with Gasteiger partial charge in [-0.15, -0.1) is 0 Å². The highest BCUT2D eigenvalue weighted by atomic mass is 32.1. The molecule has 2 fully saturated rings. The van der Waals surface area contributed by atoms with Gasteiger partial charge in [-0.2, -0.15) is 0 Å². The predicted octanol–water partition coefficient (Wildman–Crippen LogP) is 5.36. The fraction of sp³-hybridized carbons (Fsp3) is 0.400. The monoisotopic (exact) mass is 586 g/mol. The van der Waals surface area contributed by atoms with Crippen LogP contribution in [0.1, 0.15) is 39.4 Å². The number of hydrogen-bond acceptors (Lipinski definition) is 9. The van der Waals surface area contributed by atoms with Crippen LogP contribution >= 0.6 is 11.3 Å². The second-order valence-electron chi connectivity index (χ2n) is 12.1. The summed E-state index contributed by atoms with van der Waals surface area (Å²) in [5, 5.41) is 13.0. The van der Waals surface area contributed by atoms with Gasteiger partial charge in [0.25, 0.3) is 0 Å². The summed E-state index contributed by atoms with van der Waals surface area (Å²) in [4.78, 5) is 26.4. The number of carbonyl (C=O) groups is 1. The van der Waals surface area contributed by atoms with Crippen molar-refractivity contribution in [1.82, 2.24) is 29.7 Å². The van der Waals surface area contributed by atoms with Crippen molar-refractivity contribution in [2.24, 2.45) is 0 Å². The molecule has 4 aromatic heterocycles. The Labute approximate surface area is 247 Å². The minimum Gasteiger partial charge on any atom is -0.476 e. The van der Waals surface area contributed by atoms with E-state index in [0.29, 0.717) is 35.3 Å². The predicted molar refractivity (Wildman–Crippen MR) is 164 cm³/mol. The third kappa shape index (κ3) is 5.33. The van der Waals surface area contributed by atoms with E-state index >= 15 is 0 Å². The van der Waals surface area contributed by atoms with Gasteiger partial charge in [0, 0.05) is 66.7 Å². The molecule has 218 valence electrons. The van der Waals surface area contributed by atoms with Gasteiger partial charge >= 0.3 is 6.03 Å². The number of nitrogens with one attached hydrogen (secondary N) is 3. The van der Waals surface area contributed by atoms with Crippen molar-refractivity contribution in [2.75, 3.05) is 43.4 Å². The summed E-state index contributed by atoms with van der Waals surface area (Å²) in [6.45, 7) is 10.8. The van der Waals surface area contributed by atoms with Crippen LogP contribution in [0.25, 0.3) is 26.6 Å². The minimum absolute atomic E-state index is 0.189. The Balaban J connectivity index is 0.977. The largest absolute Gasteiger partial charge is 0.476 e. The second-order valence-corrected chi connectivity index (χ2v) is 13.0. The van der Waals surface area contributed by atoms with E-state index in [-0.39, 0.29) is 5.41 Å². The van der Waals surface area contributed by atoms with Crippen molar-refractivity contribution >= 4 is 44.2 Å². The highest BCUT2D eigenvalue weighted by Gasteiger charge is 2.48. The molecule has 1 aliphatic heterocycles. The number of benzene rings is 1. The highest BCUT2D eigenvalue weighted by Crippen LogP contribution is 2.42. The number of anilines is 2. The molecule has 3 N–H and O–H groups in total. The minimum atomic E-state index is -0.392. The van der Waals surface area contributed by atoms with Gasteiger partial charge < -0.3 is 19.9 Å². The Morgan fingerprint density at radius 3 is 2.74 bits per heavy atom. The Kier molecular flexibility index (Phi) is 6.63. The van der Waals surface area contributed by atoms with Crippen molar-refractivity contribution in [3.05, 3.63) is 54.4 Å². The number of imidazole rings is 1. The van der Waals surface area contributed by atoms with E-state index in [1.54, 1.807) is 17.4 Å². The summed E-state index contributed by atoms with van der Waals surface area (Å²) < 4.78 is 13.4. The van der Waals surface area contributed by atoms with Crippen LogP contribution in [-0.2, 0) is 5.41 Å². The van der Waals surface area contributed by atoms with Gasteiger partial charge in [0.1, 0.15) is 17.2 Å². The summed E-state index contributed by atoms with van der Waals surface area (Å²) >= 11 is 1.54. The van der Waals surface area contributed by atoms with E-state index in [2.05, 4.69) is 30.4 Å². The maximum Gasteiger partial charge on any atom is 0.324 e. The number of ether oxygens (including phenoxy) is 1. The summed E-state index contributed by atoms with van der Waals surface area (Å²) in [7, 11) is 0. The lowest BCUT2D eigenvalue weighted by Crippen LogP contribution is -2.54. The SMILES string of the molecule is CC(C)(C)c1cc(NC(=O)Nc2ccc(-c3cn4c(n3)sc3nc(OCCN5CCNCC56CC6)ccc34)cc2)no1. The molecule has 0 unspecified atom stereocenters. The average Bonchev–Trinajstić information content (AvgIpc) is 3.26. The number of rotatable bonds is 7. The van der Waals surface area contributed by atoms with Crippen LogP contribution in [0, 0.1) is 0 Å². The summed E-state index contributed by atoms with van der Waals surface area (Å²) in [6, 6.07) is 12.9. The highest BCUT2D eigenvalue weighted by molar-refractivity contribution is 7.23. The summed E-state index contributed by atoms with van der Waals surface area (Å²) in [6.07, 6.45) is 4.58. The summed E-state index contributed by atoms with van der Waals surface area (Å²) in [5.74, 6) is 1.72. The van der Waals surface area contributed by atoms with Crippen molar-refractivity contribution in [2.45, 2.75) is 44.6 Å². The standard InChI is InChI=1S/C30H34N8O3S/c1-29(2,3)23-16-24(36-41-23)34-27(39)32-20-6-4-19(5-7-20)21-17-38-22-8-9-25(35-26(22)42-28(38)33-21)40-15-14-37-13-12-31-18-30(37)10-11-30/h4-9,16-17,31H,10-15,18H2,1-3H3,(H2,32,34,36,39). The van der Waals surface area contributed by atoms with E-state index < -0.39 is 6.03 Å². The quantitative estimate of drug-likeness (QED) is 0.233. The zero-order chi connectivity index (χ0) is 28.9. The van der Waals surface area contributed by atoms with Crippen LogP contribution in [0.3, 0.4) is 0 Å². The number of hydrogen-bond donors (Lipinski definition) is 3. The molecule has 1 aromatic carbocycles. The molecule has 0 radical (unpaired) electrons. The number of fused-ring (bicyclic) bond motifs is 3. The Morgan fingerprint density at radius 1 is 1.14 bits per heavy atom. The van der Waals surface area contributed by atoms with Crippen LogP contribution < -0.4 is 20.7 Å². The van der Waals surface area contributed by atoms with Crippen molar-refractivity contribution in [3.63, 3.8) is 0 Å². The van der Waals surface area contributed by atoms with Crippen LogP contribution in [0.15, 0.2) is 53.2 Å². The Morgan fingerprint density at radius 2 is 1.98 bits per heavy atom. The molecule has 1 saturated carbocycles. The molecule has 7 rings (SSSR count). The first-order chi connectivity index (χ1) is 20.3. The van der Waals surface area contributed by atoms with Gasteiger partial charge in [-0.25, -0.2) is 14.8 Å². The lowest BCUT2D eigenvalue weighted by Gasteiger charge is -2.36. The molecule has 2 aliphatic rings. The maximum absolute atomic E-state index is 12.4. The molecule has 1 spiro atoms. The van der Waals surface area contributed by atoms with E-state index in [1.807, 2.05) is 63.4 Å². The van der Waals surface area contributed by atoms with Gasteiger partial charge in [0.15, 0.2) is 10.8 Å². The van der Waals surface area contributed by atoms with Crippen LogP contribution in [0.5, 0.6) is 5.88 Å². The van der Waals surface area contributed by atoms with E-state index in [1.165, 1.54) is 12.8 Å². The lowest BCUT2D eigenvalue weighted by molar-refractivity contribution is 0.117. The van der Waals surface area contributed by atoms with Crippen LogP contribution in [0.2, 0.25) is 0 Å². The van der Waals surface area contributed by atoms with E-state index in [9.17, 15) is 4.79 Å². The molecule has 2 amide bonds. The second kappa shape index (κ2) is 10.4.